The van der Waals surface area contributed by atoms with Crippen molar-refractivity contribution >= 4 is 10.0 Å². The molecule has 2 aromatic rings. The Morgan fingerprint density at radius 2 is 2.00 bits per heavy atom. The number of rotatable bonds is 4. The summed E-state index contributed by atoms with van der Waals surface area (Å²) in [5.41, 5.74) is 1.12. The van der Waals surface area contributed by atoms with Gasteiger partial charge in [0.25, 0.3) is 0 Å². The van der Waals surface area contributed by atoms with Gasteiger partial charge < -0.3 is 4.42 Å². The third-order valence-corrected chi connectivity index (χ3v) is 6.11. The van der Waals surface area contributed by atoms with Crippen molar-refractivity contribution in [3.63, 3.8) is 0 Å². The second-order valence-electron chi connectivity index (χ2n) is 5.52. The first-order chi connectivity index (χ1) is 10.5. The van der Waals surface area contributed by atoms with Crippen molar-refractivity contribution in [3.05, 3.63) is 35.5 Å². The van der Waals surface area contributed by atoms with Crippen LogP contribution >= 0.6 is 0 Å². The zero-order chi connectivity index (χ0) is 15.7. The second-order valence-corrected chi connectivity index (χ2v) is 7.40. The molecule has 8 heteroatoms. The first kappa shape index (κ1) is 15.3. The quantitative estimate of drug-likeness (QED) is 0.911. The molecule has 120 valence electrons. The van der Waals surface area contributed by atoms with Crippen molar-refractivity contribution in [1.82, 2.24) is 19.4 Å². The van der Waals surface area contributed by atoms with Crippen LogP contribution < -0.4 is 0 Å². The summed E-state index contributed by atoms with van der Waals surface area (Å²) in [7, 11) is -3.48. The SMILES string of the molecule is Cc1n[nH]c(C)c1S(=O)(=O)N1CCN(Cc2ccco2)CC1. The Balaban J connectivity index is 1.68. The monoisotopic (exact) mass is 324 g/mol. The summed E-state index contributed by atoms with van der Waals surface area (Å²) in [5, 5.41) is 6.73. The van der Waals surface area contributed by atoms with E-state index in [9.17, 15) is 8.42 Å². The minimum atomic E-state index is -3.48. The molecule has 0 radical (unpaired) electrons. The fraction of sp³-hybridized carbons (Fsp3) is 0.500. The maximum atomic E-state index is 12.7. The van der Waals surface area contributed by atoms with Gasteiger partial charge in [0.15, 0.2) is 0 Å². The van der Waals surface area contributed by atoms with Crippen LogP contribution in [0.1, 0.15) is 17.1 Å². The molecular weight excluding hydrogens is 304 g/mol. The molecule has 22 heavy (non-hydrogen) atoms. The number of sulfonamides is 1. The number of aromatic nitrogens is 2. The fourth-order valence-electron chi connectivity index (χ4n) is 2.80. The molecule has 1 saturated heterocycles. The molecule has 0 atom stereocenters. The van der Waals surface area contributed by atoms with Crippen LogP contribution in [-0.4, -0.2) is 54.0 Å². The molecule has 0 unspecified atom stereocenters. The number of H-pyrrole nitrogens is 1. The number of nitrogens with one attached hydrogen (secondary N) is 1. The summed E-state index contributed by atoms with van der Waals surface area (Å²) in [6.45, 7) is 6.50. The predicted octanol–water partition coefficient (Wildman–Crippen LogP) is 1.13. The Hall–Kier alpha value is -1.64. The van der Waals surface area contributed by atoms with E-state index in [1.807, 2.05) is 12.1 Å². The van der Waals surface area contributed by atoms with E-state index >= 15 is 0 Å². The fourth-order valence-corrected chi connectivity index (χ4v) is 4.55. The van der Waals surface area contributed by atoms with E-state index in [4.69, 9.17) is 4.42 Å². The molecule has 0 amide bonds. The second kappa shape index (κ2) is 5.86. The normalized spacial score (nSPS) is 17.9. The maximum absolute atomic E-state index is 12.7. The zero-order valence-corrected chi connectivity index (χ0v) is 13.6. The van der Waals surface area contributed by atoms with Gasteiger partial charge in [-0.15, -0.1) is 0 Å². The van der Waals surface area contributed by atoms with Gasteiger partial charge in [-0.05, 0) is 26.0 Å². The molecule has 0 aliphatic carbocycles. The lowest BCUT2D eigenvalue weighted by Gasteiger charge is -2.33. The third kappa shape index (κ3) is 2.81. The van der Waals surface area contributed by atoms with Gasteiger partial charge in [-0.3, -0.25) is 10.00 Å². The van der Waals surface area contributed by atoms with Crippen LogP contribution in [0, 0.1) is 13.8 Å². The lowest BCUT2D eigenvalue weighted by molar-refractivity contribution is 0.171. The van der Waals surface area contributed by atoms with Gasteiger partial charge in [-0.25, -0.2) is 8.42 Å². The summed E-state index contributed by atoms with van der Waals surface area (Å²) >= 11 is 0. The Morgan fingerprint density at radius 1 is 1.27 bits per heavy atom. The third-order valence-electron chi connectivity index (χ3n) is 3.95. The van der Waals surface area contributed by atoms with Crippen LogP contribution in [0.15, 0.2) is 27.7 Å². The number of hydrogen-bond acceptors (Lipinski definition) is 5. The van der Waals surface area contributed by atoms with Crippen molar-refractivity contribution in [3.8, 4) is 0 Å². The molecular formula is C14H20N4O3S. The molecule has 1 N–H and O–H groups in total. The van der Waals surface area contributed by atoms with Gasteiger partial charge in [-0.1, -0.05) is 0 Å². The van der Waals surface area contributed by atoms with Gasteiger partial charge in [0.05, 0.1) is 24.2 Å². The number of hydrogen-bond donors (Lipinski definition) is 1. The Kier molecular flexibility index (Phi) is 4.07. The summed E-state index contributed by atoms with van der Waals surface area (Å²) in [6.07, 6.45) is 1.65. The highest BCUT2D eigenvalue weighted by atomic mass is 32.2. The van der Waals surface area contributed by atoms with E-state index in [2.05, 4.69) is 15.1 Å². The molecule has 3 heterocycles. The van der Waals surface area contributed by atoms with E-state index in [1.54, 1.807) is 20.1 Å². The minimum absolute atomic E-state index is 0.312. The zero-order valence-electron chi connectivity index (χ0n) is 12.7. The lowest BCUT2D eigenvalue weighted by Crippen LogP contribution is -2.48. The van der Waals surface area contributed by atoms with Crippen molar-refractivity contribution in [2.45, 2.75) is 25.3 Å². The number of nitrogens with zero attached hydrogens (tertiary/aromatic N) is 3. The van der Waals surface area contributed by atoms with Crippen molar-refractivity contribution in [1.29, 1.82) is 0 Å². The maximum Gasteiger partial charge on any atom is 0.246 e. The number of furan rings is 1. The van der Waals surface area contributed by atoms with Crippen LogP contribution in [0.5, 0.6) is 0 Å². The molecule has 1 aliphatic rings. The van der Waals surface area contributed by atoms with Crippen LogP contribution in [0.25, 0.3) is 0 Å². The molecule has 0 aromatic carbocycles. The van der Waals surface area contributed by atoms with Crippen LogP contribution in [-0.2, 0) is 16.6 Å². The summed E-state index contributed by atoms with van der Waals surface area (Å²) in [5.74, 6) is 0.901. The molecule has 2 aromatic heterocycles. The highest BCUT2D eigenvalue weighted by Gasteiger charge is 2.32. The smallest absolute Gasteiger partial charge is 0.246 e. The summed E-state index contributed by atoms with van der Waals surface area (Å²) in [4.78, 5) is 2.51. The van der Waals surface area contributed by atoms with Gasteiger partial charge in [0, 0.05) is 26.2 Å². The van der Waals surface area contributed by atoms with Crippen molar-refractivity contribution in [2.75, 3.05) is 26.2 Å². The number of aryl methyl sites for hydroxylation is 2. The van der Waals surface area contributed by atoms with Crippen LogP contribution in [0.4, 0.5) is 0 Å². The van der Waals surface area contributed by atoms with Gasteiger partial charge in [0.2, 0.25) is 10.0 Å². The van der Waals surface area contributed by atoms with Crippen molar-refractivity contribution in [2.24, 2.45) is 0 Å². The van der Waals surface area contributed by atoms with E-state index in [0.29, 0.717) is 49.0 Å². The molecule has 1 aliphatic heterocycles. The van der Waals surface area contributed by atoms with Gasteiger partial charge in [-0.2, -0.15) is 9.40 Å². The van der Waals surface area contributed by atoms with Gasteiger partial charge >= 0.3 is 0 Å². The van der Waals surface area contributed by atoms with E-state index < -0.39 is 10.0 Å². The standard InChI is InChI=1S/C14H20N4O3S/c1-11-14(12(2)16-15-11)22(19,20)18-7-5-17(6-8-18)10-13-4-3-9-21-13/h3-4,9H,5-8,10H2,1-2H3,(H,15,16). The minimum Gasteiger partial charge on any atom is -0.468 e. The van der Waals surface area contributed by atoms with Crippen LogP contribution in [0.3, 0.4) is 0 Å². The molecule has 1 fully saturated rings. The van der Waals surface area contributed by atoms with E-state index in [0.717, 1.165) is 5.76 Å². The number of aromatic amines is 1. The van der Waals surface area contributed by atoms with E-state index in [-0.39, 0.29) is 0 Å². The topological polar surface area (TPSA) is 82.4 Å². The lowest BCUT2D eigenvalue weighted by atomic mass is 10.3. The van der Waals surface area contributed by atoms with E-state index in [1.165, 1.54) is 4.31 Å². The highest BCUT2D eigenvalue weighted by molar-refractivity contribution is 7.89. The Labute approximate surface area is 130 Å². The average Bonchev–Trinajstić information content (AvgIpc) is 3.10. The first-order valence-electron chi connectivity index (χ1n) is 7.25. The van der Waals surface area contributed by atoms with Crippen LogP contribution in [0.2, 0.25) is 0 Å². The largest absolute Gasteiger partial charge is 0.468 e. The molecule has 0 bridgehead atoms. The molecule has 0 spiro atoms. The summed E-state index contributed by atoms with van der Waals surface area (Å²) < 4.78 is 32.4. The number of piperazine rings is 1. The average molecular weight is 324 g/mol. The predicted molar refractivity (Wildman–Crippen MR) is 80.8 cm³/mol. The Morgan fingerprint density at radius 3 is 2.55 bits per heavy atom. The van der Waals surface area contributed by atoms with Crippen molar-refractivity contribution < 1.29 is 12.8 Å². The van der Waals surface area contributed by atoms with Gasteiger partial charge in [0.1, 0.15) is 10.7 Å². The molecule has 3 rings (SSSR count). The first-order valence-corrected chi connectivity index (χ1v) is 8.69. The summed E-state index contributed by atoms with van der Waals surface area (Å²) in [6, 6.07) is 3.79. The molecule has 0 saturated carbocycles. The Bertz CT molecular complexity index is 709. The highest BCUT2D eigenvalue weighted by Crippen LogP contribution is 2.23. The molecule has 7 nitrogen and oxygen atoms in total.